The Labute approximate surface area is 88.3 Å². The van der Waals surface area contributed by atoms with Gasteiger partial charge in [0.05, 0.1) is 0 Å². The van der Waals surface area contributed by atoms with Crippen LogP contribution in [0.5, 0.6) is 0 Å². The van der Waals surface area contributed by atoms with Crippen molar-refractivity contribution in [3.05, 3.63) is 34.6 Å². The van der Waals surface area contributed by atoms with Gasteiger partial charge in [-0.1, -0.05) is 24.6 Å². The number of hydrogen-bond donors (Lipinski definition) is 1. The van der Waals surface area contributed by atoms with Crippen molar-refractivity contribution < 1.29 is 4.39 Å². The lowest BCUT2D eigenvalue weighted by atomic mass is 9.82. The average molecular weight is 214 g/mol. The third-order valence-electron chi connectivity index (χ3n) is 2.95. The van der Waals surface area contributed by atoms with Gasteiger partial charge in [-0.15, -0.1) is 0 Å². The van der Waals surface area contributed by atoms with E-state index in [2.05, 4.69) is 12.2 Å². The minimum atomic E-state index is -0.270. The van der Waals surface area contributed by atoms with Crippen LogP contribution >= 0.6 is 11.6 Å². The molecule has 3 heteroatoms. The molecule has 1 aliphatic rings. The van der Waals surface area contributed by atoms with E-state index in [1.54, 1.807) is 6.07 Å². The van der Waals surface area contributed by atoms with E-state index in [0.29, 0.717) is 5.02 Å². The first-order chi connectivity index (χ1) is 6.62. The fourth-order valence-electron chi connectivity index (χ4n) is 2.03. The van der Waals surface area contributed by atoms with Crippen molar-refractivity contribution in [2.45, 2.75) is 18.8 Å². The van der Waals surface area contributed by atoms with Crippen molar-refractivity contribution in [3.8, 4) is 0 Å². The number of rotatable bonds is 1. The highest BCUT2D eigenvalue weighted by atomic mass is 35.5. The van der Waals surface area contributed by atoms with Crippen LogP contribution in [0.15, 0.2) is 18.2 Å². The maximum Gasteiger partial charge on any atom is 0.124 e. The lowest BCUT2D eigenvalue weighted by Crippen LogP contribution is -2.25. The highest BCUT2D eigenvalue weighted by Gasteiger charge is 2.32. The van der Waals surface area contributed by atoms with Crippen LogP contribution in [0.3, 0.4) is 0 Å². The maximum atomic E-state index is 12.9. The maximum absolute atomic E-state index is 12.9. The van der Waals surface area contributed by atoms with Gasteiger partial charge in [0.15, 0.2) is 0 Å². The summed E-state index contributed by atoms with van der Waals surface area (Å²) in [5, 5.41) is 3.84. The number of hydrogen-bond acceptors (Lipinski definition) is 1. The Morgan fingerprint density at radius 2 is 2.29 bits per heavy atom. The minimum Gasteiger partial charge on any atom is -0.316 e. The van der Waals surface area contributed by atoms with E-state index >= 15 is 0 Å². The zero-order chi connectivity index (χ0) is 10.2. The molecule has 1 aromatic rings. The molecule has 0 bridgehead atoms. The van der Waals surface area contributed by atoms with Gasteiger partial charge in [-0.3, -0.25) is 0 Å². The molecule has 2 rings (SSSR count). The Morgan fingerprint density at radius 3 is 2.86 bits per heavy atom. The molecule has 0 saturated carbocycles. The summed E-state index contributed by atoms with van der Waals surface area (Å²) in [7, 11) is 0. The quantitative estimate of drug-likeness (QED) is 0.757. The van der Waals surface area contributed by atoms with E-state index in [9.17, 15) is 4.39 Å². The third kappa shape index (κ3) is 1.64. The van der Waals surface area contributed by atoms with Crippen molar-refractivity contribution in [1.82, 2.24) is 5.32 Å². The Bertz CT molecular complexity index is 345. The summed E-state index contributed by atoms with van der Waals surface area (Å²) >= 11 is 6.03. The van der Waals surface area contributed by atoms with Crippen LogP contribution in [0, 0.1) is 5.82 Å². The first kappa shape index (κ1) is 9.94. The molecule has 0 spiro atoms. The second-order valence-corrected chi connectivity index (χ2v) is 4.52. The number of benzene rings is 1. The molecule has 0 aromatic heterocycles. The summed E-state index contributed by atoms with van der Waals surface area (Å²) in [6.07, 6.45) is 1.05. The molecule has 1 heterocycles. The largest absolute Gasteiger partial charge is 0.316 e. The second kappa shape index (κ2) is 3.52. The topological polar surface area (TPSA) is 12.0 Å². The number of halogens is 2. The van der Waals surface area contributed by atoms with E-state index in [0.717, 1.165) is 25.1 Å². The van der Waals surface area contributed by atoms with Gasteiger partial charge in [-0.25, -0.2) is 4.39 Å². The van der Waals surface area contributed by atoms with Crippen LogP contribution in [0.2, 0.25) is 5.02 Å². The zero-order valence-electron chi connectivity index (χ0n) is 8.11. The fourth-order valence-corrected chi connectivity index (χ4v) is 2.42. The van der Waals surface area contributed by atoms with Crippen molar-refractivity contribution in [1.29, 1.82) is 0 Å². The highest BCUT2D eigenvalue weighted by Crippen LogP contribution is 2.34. The summed E-state index contributed by atoms with van der Waals surface area (Å²) in [4.78, 5) is 0. The Hall–Kier alpha value is -0.600. The first-order valence-corrected chi connectivity index (χ1v) is 5.16. The van der Waals surface area contributed by atoms with Gasteiger partial charge in [0.2, 0.25) is 0 Å². The Kier molecular flexibility index (Phi) is 2.50. The van der Waals surface area contributed by atoms with Gasteiger partial charge in [0, 0.05) is 17.0 Å². The van der Waals surface area contributed by atoms with Crippen LogP contribution in [0.4, 0.5) is 4.39 Å². The van der Waals surface area contributed by atoms with E-state index in [1.165, 1.54) is 12.1 Å². The van der Waals surface area contributed by atoms with Gasteiger partial charge in [0.25, 0.3) is 0 Å². The minimum absolute atomic E-state index is 0.0603. The predicted molar refractivity (Wildman–Crippen MR) is 56.2 cm³/mol. The molecule has 1 saturated heterocycles. The van der Waals surface area contributed by atoms with Gasteiger partial charge in [-0.2, -0.15) is 0 Å². The Morgan fingerprint density at radius 1 is 1.50 bits per heavy atom. The molecule has 1 aromatic carbocycles. The first-order valence-electron chi connectivity index (χ1n) is 4.78. The molecule has 1 nitrogen and oxygen atoms in total. The summed E-state index contributed by atoms with van der Waals surface area (Å²) in [6.45, 7) is 4.08. The molecule has 0 amide bonds. The van der Waals surface area contributed by atoms with Crippen molar-refractivity contribution in [3.63, 3.8) is 0 Å². The van der Waals surface area contributed by atoms with Gasteiger partial charge in [0.1, 0.15) is 5.82 Å². The molecular weight excluding hydrogens is 201 g/mol. The summed E-state index contributed by atoms with van der Waals surface area (Å²) in [5.74, 6) is -0.270. The van der Waals surface area contributed by atoms with Crippen molar-refractivity contribution in [2.24, 2.45) is 0 Å². The standard InChI is InChI=1S/C11H13ClFN/c1-11(4-5-14-7-11)9-3-2-8(13)6-10(9)12/h2-3,6,14H,4-5,7H2,1H3. The van der Waals surface area contributed by atoms with Gasteiger partial charge in [-0.05, 0) is 30.7 Å². The molecule has 1 fully saturated rings. The SMILES string of the molecule is CC1(c2ccc(F)cc2Cl)CCNC1. The van der Waals surface area contributed by atoms with E-state index in [4.69, 9.17) is 11.6 Å². The molecule has 76 valence electrons. The normalized spacial score (nSPS) is 26.8. The lowest BCUT2D eigenvalue weighted by molar-refractivity contribution is 0.523. The van der Waals surface area contributed by atoms with Crippen LogP contribution < -0.4 is 5.32 Å². The van der Waals surface area contributed by atoms with Crippen LogP contribution in [-0.4, -0.2) is 13.1 Å². The van der Waals surface area contributed by atoms with E-state index < -0.39 is 0 Å². The van der Waals surface area contributed by atoms with Gasteiger partial charge >= 0.3 is 0 Å². The summed E-state index contributed by atoms with van der Waals surface area (Å²) < 4.78 is 12.9. The van der Waals surface area contributed by atoms with E-state index in [-0.39, 0.29) is 11.2 Å². The second-order valence-electron chi connectivity index (χ2n) is 4.11. The summed E-state index contributed by atoms with van der Waals surface area (Å²) in [6, 6.07) is 4.66. The van der Waals surface area contributed by atoms with Crippen molar-refractivity contribution in [2.75, 3.05) is 13.1 Å². The molecule has 14 heavy (non-hydrogen) atoms. The molecule has 0 aliphatic carbocycles. The molecule has 0 radical (unpaired) electrons. The van der Waals surface area contributed by atoms with Gasteiger partial charge < -0.3 is 5.32 Å². The van der Waals surface area contributed by atoms with Crippen LogP contribution in [0.25, 0.3) is 0 Å². The number of nitrogens with one attached hydrogen (secondary N) is 1. The molecule has 1 atom stereocenters. The lowest BCUT2D eigenvalue weighted by Gasteiger charge is -2.24. The smallest absolute Gasteiger partial charge is 0.124 e. The Balaban J connectivity index is 2.40. The average Bonchev–Trinajstić information content (AvgIpc) is 2.52. The fraction of sp³-hybridized carbons (Fsp3) is 0.455. The van der Waals surface area contributed by atoms with E-state index in [1.807, 2.05) is 0 Å². The highest BCUT2D eigenvalue weighted by molar-refractivity contribution is 6.31. The summed E-state index contributed by atoms with van der Waals surface area (Å²) in [5.41, 5.74) is 1.11. The molecule has 1 aliphatic heterocycles. The third-order valence-corrected chi connectivity index (χ3v) is 3.26. The van der Waals surface area contributed by atoms with Crippen LogP contribution in [-0.2, 0) is 5.41 Å². The molecule has 1 N–H and O–H groups in total. The monoisotopic (exact) mass is 213 g/mol. The van der Waals surface area contributed by atoms with Crippen LogP contribution in [0.1, 0.15) is 18.9 Å². The predicted octanol–water partition coefficient (Wildman–Crippen LogP) is 2.73. The zero-order valence-corrected chi connectivity index (χ0v) is 8.87. The van der Waals surface area contributed by atoms with Crippen molar-refractivity contribution >= 4 is 11.6 Å². The molecular formula is C11H13ClFN. The molecule has 1 unspecified atom stereocenters.